The van der Waals surface area contributed by atoms with Crippen LogP contribution in [0, 0.1) is 0 Å². The Labute approximate surface area is 133 Å². The zero-order valence-electron chi connectivity index (χ0n) is 12.6. The summed E-state index contributed by atoms with van der Waals surface area (Å²) in [7, 11) is 1.61. The van der Waals surface area contributed by atoms with E-state index in [1.54, 1.807) is 36.3 Å². The molecule has 0 atom stereocenters. The van der Waals surface area contributed by atoms with Crippen molar-refractivity contribution in [3.8, 4) is 11.4 Å². The van der Waals surface area contributed by atoms with Gasteiger partial charge in [0.15, 0.2) is 0 Å². The number of carbonyl (C=O) groups is 1. The Bertz CT molecular complexity index is 800. The zero-order chi connectivity index (χ0) is 16.1. The van der Waals surface area contributed by atoms with Crippen LogP contribution in [0.2, 0.25) is 0 Å². The summed E-state index contributed by atoms with van der Waals surface area (Å²) in [4.78, 5) is 16.4. The lowest BCUT2D eigenvalue weighted by Gasteiger charge is -2.08. The Balaban J connectivity index is 1.70. The average molecular weight is 308 g/mol. The molecule has 3 aromatic rings. The Hall–Kier alpha value is -3.15. The molecule has 0 saturated heterocycles. The molecule has 0 radical (unpaired) electrons. The highest BCUT2D eigenvalue weighted by Gasteiger charge is 2.09. The van der Waals surface area contributed by atoms with Crippen LogP contribution in [0.15, 0.2) is 61.1 Å². The van der Waals surface area contributed by atoms with Crippen LogP contribution in [-0.2, 0) is 6.54 Å². The molecular formula is C17H16N4O2. The monoisotopic (exact) mass is 308 g/mol. The Morgan fingerprint density at radius 2 is 2.13 bits per heavy atom. The minimum absolute atomic E-state index is 0.234. The van der Waals surface area contributed by atoms with Crippen molar-refractivity contribution in [2.75, 3.05) is 7.11 Å². The summed E-state index contributed by atoms with van der Waals surface area (Å²) in [6, 6.07) is 12.9. The van der Waals surface area contributed by atoms with E-state index >= 15 is 0 Å². The molecule has 0 saturated carbocycles. The molecule has 0 aliphatic heterocycles. The molecule has 0 spiro atoms. The van der Waals surface area contributed by atoms with Gasteiger partial charge in [-0.05, 0) is 35.9 Å². The molecule has 1 N–H and O–H groups in total. The predicted octanol–water partition coefficient (Wildman–Crippen LogP) is 2.21. The molecular weight excluding hydrogens is 292 g/mol. The van der Waals surface area contributed by atoms with Gasteiger partial charge in [-0.25, -0.2) is 4.68 Å². The normalized spacial score (nSPS) is 10.3. The number of aromatic nitrogens is 3. The SMILES string of the molecule is COc1cccc(CNC(=O)c2cc(-n3cccn3)ccn2)c1. The minimum atomic E-state index is -0.234. The molecule has 0 fully saturated rings. The maximum absolute atomic E-state index is 12.3. The third-order valence-corrected chi connectivity index (χ3v) is 3.33. The van der Waals surface area contributed by atoms with Crippen molar-refractivity contribution >= 4 is 5.91 Å². The molecule has 0 aliphatic rings. The highest BCUT2D eigenvalue weighted by molar-refractivity contribution is 5.92. The Morgan fingerprint density at radius 3 is 2.91 bits per heavy atom. The Kier molecular flexibility index (Phi) is 4.33. The van der Waals surface area contributed by atoms with E-state index in [0.717, 1.165) is 17.0 Å². The van der Waals surface area contributed by atoms with E-state index in [-0.39, 0.29) is 5.91 Å². The second kappa shape index (κ2) is 6.74. The van der Waals surface area contributed by atoms with Crippen molar-refractivity contribution in [1.82, 2.24) is 20.1 Å². The fraction of sp³-hybridized carbons (Fsp3) is 0.118. The number of methoxy groups -OCH3 is 1. The van der Waals surface area contributed by atoms with E-state index in [4.69, 9.17) is 4.74 Å². The van der Waals surface area contributed by atoms with Gasteiger partial charge in [-0.3, -0.25) is 9.78 Å². The molecule has 1 aromatic carbocycles. The van der Waals surface area contributed by atoms with Crippen LogP contribution in [0.4, 0.5) is 0 Å². The van der Waals surface area contributed by atoms with Crippen LogP contribution >= 0.6 is 0 Å². The second-order valence-electron chi connectivity index (χ2n) is 4.88. The first kappa shape index (κ1) is 14.8. The molecule has 2 heterocycles. The van der Waals surface area contributed by atoms with E-state index in [9.17, 15) is 4.79 Å². The van der Waals surface area contributed by atoms with Crippen molar-refractivity contribution < 1.29 is 9.53 Å². The van der Waals surface area contributed by atoms with Gasteiger partial charge < -0.3 is 10.1 Å². The first-order valence-electron chi connectivity index (χ1n) is 7.13. The maximum atomic E-state index is 12.3. The molecule has 6 nitrogen and oxygen atoms in total. The molecule has 6 heteroatoms. The topological polar surface area (TPSA) is 69.0 Å². The number of hydrogen-bond donors (Lipinski definition) is 1. The van der Waals surface area contributed by atoms with E-state index in [1.807, 2.05) is 36.5 Å². The summed E-state index contributed by atoms with van der Waals surface area (Å²) in [6.07, 6.45) is 5.09. The highest BCUT2D eigenvalue weighted by Crippen LogP contribution is 2.12. The number of nitrogens with one attached hydrogen (secondary N) is 1. The number of hydrogen-bond acceptors (Lipinski definition) is 4. The molecule has 2 aromatic heterocycles. The summed E-state index contributed by atoms with van der Waals surface area (Å²) in [5.41, 5.74) is 2.10. The summed E-state index contributed by atoms with van der Waals surface area (Å²) >= 11 is 0. The van der Waals surface area contributed by atoms with Gasteiger partial charge >= 0.3 is 0 Å². The quantitative estimate of drug-likeness (QED) is 0.784. The average Bonchev–Trinajstić information content (AvgIpc) is 3.14. The number of benzene rings is 1. The van der Waals surface area contributed by atoms with Crippen LogP contribution in [0.1, 0.15) is 16.1 Å². The summed E-state index contributed by atoms with van der Waals surface area (Å²) in [6.45, 7) is 0.406. The summed E-state index contributed by atoms with van der Waals surface area (Å²) in [5.74, 6) is 0.525. The molecule has 116 valence electrons. The van der Waals surface area contributed by atoms with E-state index in [1.165, 1.54) is 0 Å². The van der Waals surface area contributed by atoms with Crippen molar-refractivity contribution in [2.24, 2.45) is 0 Å². The standard InChI is InChI=1S/C17H16N4O2/c1-23-15-5-2-4-13(10-15)12-19-17(22)16-11-14(6-8-18-16)21-9-3-7-20-21/h2-11H,12H2,1H3,(H,19,22). The molecule has 3 rings (SSSR count). The molecule has 0 aliphatic carbocycles. The largest absolute Gasteiger partial charge is 0.497 e. The smallest absolute Gasteiger partial charge is 0.270 e. The van der Waals surface area contributed by atoms with Crippen molar-refractivity contribution in [2.45, 2.75) is 6.54 Å². The second-order valence-corrected chi connectivity index (χ2v) is 4.88. The number of nitrogens with zero attached hydrogens (tertiary/aromatic N) is 3. The molecule has 0 unspecified atom stereocenters. The molecule has 23 heavy (non-hydrogen) atoms. The highest BCUT2D eigenvalue weighted by atomic mass is 16.5. The summed E-state index contributed by atoms with van der Waals surface area (Å²) < 4.78 is 6.85. The third-order valence-electron chi connectivity index (χ3n) is 3.33. The van der Waals surface area contributed by atoms with E-state index < -0.39 is 0 Å². The number of rotatable bonds is 5. The van der Waals surface area contributed by atoms with Crippen molar-refractivity contribution in [3.63, 3.8) is 0 Å². The third kappa shape index (κ3) is 3.55. The number of carbonyl (C=O) groups excluding carboxylic acids is 1. The lowest BCUT2D eigenvalue weighted by Crippen LogP contribution is -2.24. The van der Waals surface area contributed by atoms with Crippen molar-refractivity contribution in [3.05, 3.63) is 72.3 Å². The molecule has 0 bridgehead atoms. The lowest BCUT2D eigenvalue weighted by molar-refractivity contribution is 0.0946. The van der Waals surface area contributed by atoms with Crippen molar-refractivity contribution in [1.29, 1.82) is 0 Å². The number of ether oxygens (including phenoxy) is 1. The van der Waals surface area contributed by atoms with Gasteiger partial charge in [-0.1, -0.05) is 12.1 Å². The van der Waals surface area contributed by atoms with Gasteiger partial charge in [-0.15, -0.1) is 0 Å². The first-order valence-corrected chi connectivity index (χ1v) is 7.13. The number of pyridine rings is 1. The zero-order valence-corrected chi connectivity index (χ0v) is 12.6. The summed E-state index contributed by atoms with van der Waals surface area (Å²) in [5, 5.41) is 7.00. The van der Waals surface area contributed by atoms with Gasteiger partial charge in [0.05, 0.1) is 12.8 Å². The lowest BCUT2D eigenvalue weighted by atomic mass is 10.2. The van der Waals surface area contributed by atoms with Crippen LogP contribution in [0.5, 0.6) is 5.75 Å². The van der Waals surface area contributed by atoms with Gasteiger partial charge in [0.2, 0.25) is 0 Å². The Morgan fingerprint density at radius 1 is 1.22 bits per heavy atom. The van der Waals surface area contributed by atoms with Crippen LogP contribution in [-0.4, -0.2) is 27.8 Å². The van der Waals surface area contributed by atoms with Gasteiger partial charge in [-0.2, -0.15) is 5.10 Å². The van der Waals surface area contributed by atoms with Gasteiger partial charge in [0.25, 0.3) is 5.91 Å². The predicted molar refractivity (Wildman–Crippen MR) is 85.5 cm³/mol. The fourth-order valence-corrected chi connectivity index (χ4v) is 2.16. The first-order chi connectivity index (χ1) is 11.3. The van der Waals surface area contributed by atoms with Crippen LogP contribution in [0.3, 0.4) is 0 Å². The van der Waals surface area contributed by atoms with Gasteiger partial charge in [0, 0.05) is 25.1 Å². The van der Waals surface area contributed by atoms with Gasteiger partial charge in [0.1, 0.15) is 11.4 Å². The van der Waals surface area contributed by atoms with Crippen LogP contribution in [0.25, 0.3) is 5.69 Å². The van der Waals surface area contributed by atoms with E-state index in [2.05, 4.69) is 15.4 Å². The van der Waals surface area contributed by atoms with Crippen LogP contribution < -0.4 is 10.1 Å². The molecule has 1 amide bonds. The minimum Gasteiger partial charge on any atom is -0.497 e. The number of amides is 1. The van der Waals surface area contributed by atoms with E-state index in [0.29, 0.717) is 12.2 Å². The maximum Gasteiger partial charge on any atom is 0.270 e. The fourth-order valence-electron chi connectivity index (χ4n) is 2.16.